The molecule has 3 heterocycles. The van der Waals surface area contributed by atoms with E-state index in [0.29, 0.717) is 44.5 Å². The lowest BCUT2D eigenvalue weighted by molar-refractivity contribution is -0.162. The number of benzene rings is 3. The van der Waals surface area contributed by atoms with Gasteiger partial charge in [-0.05, 0) is 204 Å². The number of esters is 3. The number of aryl methyl sites for hydroxylation is 1. The quantitative estimate of drug-likeness (QED) is 0.0705. The van der Waals surface area contributed by atoms with Crippen LogP contribution < -0.4 is 20.7 Å². The number of carbonyl (C=O) groups is 4. The van der Waals surface area contributed by atoms with Crippen LogP contribution in [-0.4, -0.2) is 97.9 Å². The predicted octanol–water partition coefficient (Wildman–Crippen LogP) is 8.06. The van der Waals surface area contributed by atoms with Gasteiger partial charge >= 0.3 is 17.9 Å². The third kappa shape index (κ3) is 17.5. The number of hydrogen-bond acceptors (Lipinski definition) is 11. The normalized spacial score (nSPS) is 19.9. The fraction of sp³-hybridized carbons (Fsp3) is 0.614. The van der Waals surface area contributed by atoms with Crippen LogP contribution >= 0.6 is 0 Å². The van der Waals surface area contributed by atoms with Crippen LogP contribution in [0.5, 0.6) is 5.75 Å². The summed E-state index contributed by atoms with van der Waals surface area (Å²) >= 11 is 0. The molecular formula is C57H82N4O8. The molecule has 12 nitrogen and oxygen atoms in total. The Kier molecular flexibility index (Phi) is 18.9. The first-order valence-corrected chi connectivity index (χ1v) is 25.6. The van der Waals surface area contributed by atoms with Crippen LogP contribution in [0.25, 0.3) is 0 Å². The fourth-order valence-corrected chi connectivity index (χ4v) is 10.0. The van der Waals surface area contributed by atoms with E-state index in [-0.39, 0.29) is 72.4 Å². The highest BCUT2D eigenvalue weighted by Crippen LogP contribution is 2.31. The van der Waals surface area contributed by atoms with Gasteiger partial charge in [0, 0.05) is 13.0 Å². The van der Waals surface area contributed by atoms with Gasteiger partial charge < -0.3 is 39.8 Å². The summed E-state index contributed by atoms with van der Waals surface area (Å²) < 4.78 is 24.1. The van der Waals surface area contributed by atoms with Crippen molar-refractivity contribution < 1.29 is 38.1 Å². The number of nitrogens with one attached hydrogen (secondary N) is 3. The largest absolute Gasteiger partial charge is 0.492 e. The molecule has 0 aromatic heterocycles. The smallest absolute Gasteiger partial charge is 0.310 e. The molecule has 3 saturated heterocycles. The standard InChI is InChI=1S/C57H82N4O8/c1-55(2,3)67-52(63)48(44-21-24-58-35-44)32-40-14-10-13-39(29-40)19-20-51(62)61(38-43-17-11-15-41(30-43)33-49(45-22-25-59-36-45)53(64)68-56(4,5)6)27-28-66-47-18-12-16-42(31-47)34-50(46-23-26-60-37-46)54(65)69-57(7,8)9/h10-18,29-31,44-46,48-50,58-60H,19-28,32-38H2,1-9H3/t44-,45-,46-,48-,49-,50-/m0/s1. The predicted molar refractivity (Wildman–Crippen MR) is 271 cm³/mol. The molecule has 0 bridgehead atoms. The number of hydrogen-bond donors (Lipinski definition) is 3. The molecule has 0 radical (unpaired) electrons. The molecule has 3 aliphatic heterocycles. The molecule has 3 N–H and O–H groups in total. The number of carbonyl (C=O) groups excluding carboxylic acids is 4. The first-order valence-electron chi connectivity index (χ1n) is 25.6. The van der Waals surface area contributed by atoms with Crippen molar-refractivity contribution in [3.8, 4) is 5.75 Å². The number of rotatable bonds is 21. The summed E-state index contributed by atoms with van der Waals surface area (Å²) in [7, 11) is 0. The average Bonchev–Trinajstić information content (AvgIpc) is 4.10. The second-order valence-corrected chi connectivity index (χ2v) is 22.7. The second-order valence-electron chi connectivity index (χ2n) is 22.7. The van der Waals surface area contributed by atoms with E-state index >= 15 is 0 Å². The maximum absolute atomic E-state index is 14.4. The van der Waals surface area contributed by atoms with Gasteiger partial charge in [-0.25, -0.2) is 0 Å². The summed E-state index contributed by atoms with van der Waals surface area (Å²) in [6, 6.07) is 24.4. The highest BCUT2D eigenvalue weighted by atomic mass is 16.6. The Hall–Kier alpha value is -4.78. The van der Waals surface area contributed by atoms with Crippen LogP contribution in [0.2, 0.25) is 0 Å². The molecule has 69 heavy (non-hydrogen) atoms. The molecule has 0 unspecified atom stereocenters. The van der Waals surface area contributed by atoms with E-state index in [0.717, 1.165) is 86.3 Å². The Balaban J connectivity index is 1.17. The Morgan fingerprint density at radius 3 is 1.36 bits per heavy atom. The minimum Gasteiger partial charge on any atom is -0.492 e. The molecule has 1 amide bonds. The van der Waals surface area contributed by atoms with Crippen molar-refractivity contribution in [1.82, 2.24) is 20.9 Å². The van der Waals surface area contributed by atoms with Crippen LogP contribution in [0.1, 0.15) is 116 Å². The maximum atomic E-state index is 14.4. The first-order chi connectivity index (χ1) is 32.7. The summed E-state index contributed by atoms with van der Waals surface area (Å²) in [6.45, 7) is 23.2. The lowest BCUT2D eigenvalue weighted by atomic mass is 9.85. The summed E-state index contributed by atoms with van der Waals surface area (Å²) in [4.78, 5) is 56.8. The van der Waals surface area contributed by atoms with Gasteiger partial charge in [0.2, 0.25) is 5.91 Å². The highest BCUT2D eigenvalue weighted by molar-refractivity contribution is 5.77. The van der Waals surface area contributed by atoms with Gasteiger partial charge in [0.25, 0.3) is 0 Å². The zero-order valence-electron chi connectivity index (χ0n) is 43.1. The summed E-state index contributed by atoms with van der Waals surface area (Å²) in [5.74, 6) is -0.0576. The topological polar surface area (TPSA) is 145 Å². The van der Waals surface area contributed by atoms with Crippen molar-refractivity contribution in [2.45, 2.75) is 137 Å². The van der Waals surface area contributed by atoms with Gasteiger partial charge in [0.1, 0.15) is 29.2 Å². The van der Waals surface area contributed by atoms with E-state index in [1.54, 1.807) is 0 Å². The zero-order valence-corrected chi connectivity index (χ0v) is 43.1. The van der Waals surface area contributed by atoms with E-state index in [1.807, 2.05) is 110 Å². The summed E-state index contributed by atoms with van der Waals surface area (Å²) in [5, 5.41) is 10.3. The molecule has 3 aromatic carbocycles. The van der Waals surface area contributed by atoms with Crippen molar-refractivity contribution in [3.05, 3.63) is 101 Å². The van der Waals surface area contributed by atoms with Crippen molar-refractivity contribution in [1.29, 1.82) is 0 Å². The van der Waals surface area contributed by atoms with Crippen molar-refractivity contribution in [2.24, 2.45) is 35.5 Å². The second kappa shape index (κ2) is 24.4. The first kappa shape index (κ1) is 53.6. The van der Waals surface area contributed by atoms with Crippen LogP contribution in [0.4, 0.5) is 0 Å². The molecular weight excluding hydrogens is 869 g/mol. The van der Waals surface area contributed by atoms with Crippen molar-refractivity contribution >= 4 is 23.8 Å². The van der Waals surface area contributed by atoms with Gasteiger partial charge in [-0.1, -0.05) is 60.7 Å². The fourth-order valence-electron chi connectivity index (χ4n) is 10.0. The molecule has 6 atom stereocenters. The number of nitrogens with zero attached hydrogens (tertiary/aromatic N) is 1. The van der Waals surface area contributed by atoms with Gasteiger partial charge in [-0.15, -0.1) is 0 Å². The van der Waals surface area contributed by atoms with E-state index in [2.05, 4.69) is 46.3 Å². The SMILES string of the molecule is CC(C)(C)OC(=O)[C@@H](Cc1cccc(CCC(=O)N(CCOc2cccc(C[C@H](C(=O)OC(C)(C)C)[C@H]3CCNC3)c2)Cc2cccc(C[C@H](C(=O)OC(C)(C)C)[C@H]3CCNC3)c2)c1)[C@H]1CCNC1. The summed E-state index contributed by atoms with van der Waals surface area (Å²) in [5.41, 5.74) is 3.37. The van der Waals surface area contributed by atoms with Crippen LogP contribution in [0.15, 0.2) is 72.8 Å². The van der Waals surface area contributed by atoms with Crippen LogP contribution in [0, 0.1) is 35.5 Å². The Bertz CT molecular complexity index is 2150. The van der Waals surface area contributed by atoms with Crippen molar-refractivity contribution in [2.75, 3.05) is 52.4 Å². The average molecular weight is 951 g/mol. The third-order valence-electron chi connectivity index (χ3n) is 13.4. The monoisotopic (exact) mass is 951 g/mol. The molecule has 6 rings (SSSR count). The molecule has 3 aliphatic rings. The molecule has 3 aromatic rings. The molecule has 0 saturated carbocycles. The molecule has 0 aliphatic carbocycles. The van der Waals surface area contributed by atoms with Gasteiger partial charge in [-0.3, -0.25) is 19.2 Å². The van der Waals surface area contributed by atoms with E-state index in [4.69, 9.17) is 18.9 Å². The number of amides is 1. The molecule has 0 spiro atoms. The Morgan fingerprint density at radius 1 is 0.551 bits per heavy atom. The van der Waals surface area contributed by atoms with E-state index in [1.165, 1.54) is 0 Å². The minimum absolute atomic E-state index is 0.000792. The zero-order chi connectivity index (χ0) is 49.8. The third-order valence-corrected chi connectivity index (χ3v) is 13.4. The van der Waals surface area contributed by atoms with Gasteiger partial charge in [0.05, 0.1) is 24.3 Å². The van der Waals surface area contributed by atoms with Gasteiger partial charge in [-0.2, -0.15) is 0 Å². The van der Waals surface area contributed by atoms with Crippen LogP contribution in [-0.2, 0) is 65.6 Å². The maximum Gasteiger partial charge on any atom is 0.310 e. The van der Waals surface area contributed by atoms with Crippen molar-refractivity contribution in [3.63, 3.8) is 0 Å². The lowest BCUT2D eigenvalue weighted by Crippen LogP contribution is -2.35. The van der Waals surface area contributed by atoms with E-state index < -0.39 is 16.8 Å². The minimum atomic E-state index is -0.583. The molecule has 378 valence electrons. The highest BCUT2D eigenvalue weighted by Gasteiger charge is 2.37. The Morgan fingerprint density at radius 2 is 0.942 bits per heavy atom. The molecule has 3 fully saturated rings. The van der Waals surface area contributed by atoms with E-state index in [9.17, 15) is 19.2 Å². The molecule has 12 heteroatoms. The summed E-state index contributed by atoms with van der Waals surface area (Å²) in [6.07, 6.45) is 5.28. The lowest BCUT2D eigenvalue weighted by Gasteiger charge is -2.27. The van der Waals surface area contributed by atoms with Crippen LogP contribution in [0.3, 0.4) is 0 Å². The number of ether oxygens (including phenoxy) is 4. The van der Waals surface area contributed by atoms with Gasteiger partial charge in [0.15, 0.2) is 0 Å². The Labute approximate surface area is 412 Å².